The highest BCUT2D eigenvalue weighted by molar-refractivity contribution is 6.01. The minimum Gasteiger partial charge on any atom is -0.459 e. The van der Waals surface area contributed by atoms with E-state index in [1.807, 2.05) is 0 Å². The van der Waals surface area contributed by atoms with Crippen LogP contribution in [0.2, 0.25) is 0 Å². The number of amides is 1. The number of rotatable bonds is 6. The maximum Gasteiger partial charge on any atom is 0.416 e. The van der Waals surface area contributed by atoms with E-state index in [2.05, 4.69) is 5.16 Å². The number of halogens is 5. The molecular weight excluding hydrogens is 447 g/mol. The van der Waals surface area contributed by atoms with Gasteiger partial charge in [-0.2, -0.15) is 13.2 Å². The molecule has 0 aliphatic carbocycles. The van der Waals surface area contributed by atoms with Crippen LogP contribution in [0.15, 0.2) is 70.4 Å². The molecule has 3 aromatic rings. The van der Waals surface area contributed by atoms with E-state index in [1.54, 1.807) is 0 Å². The van der Waals surface area contributed by atoms with Crippen LogP contribution in [-0.2, 0) is 17.6 Å². The summed E-state index contributed by atoms with van der Waals surface area (Å²) >= 11 is 0. The molecule has 0 radical (unpaired) electrons. The Kier molecular flexibility index (Phi) is 6.17. The molecule has 0 spiro atoms. The Morgan fingerprint density at radius 3 is 2.61 bits per heavy atom. The molecule has 0 fully saturated rings. The highest BCUT2D eigenvalue weighted by Gasteiger charge is 2.32. The maximum absolute atomic E-state index is 14.1. The van der Waals surface area contributed by atoms with E-state index in [0.29, 0.717) is 0 Å². The van der Waals surface area contributed by atoms with Crippen LogP contribution in [0.25, 0.3) is 0 Å². The van der Waals surface area contributed by atoms with Crippen molar-refractivity contribution in [2.24, 2.45) is 5.16 Å². The van der Waals surface area contributed by atoms with Crippen LogP contribution in [0, 0.1) is 11.6 Å². The zero-order chi connectivity index (χ0) is 23.6. The first-order chi connectivity index (χ1) is 15.7. The van der Waals surface area contributed by atoms with Gasteiger partial charge in [-0.25, -0.2) is 8.78 Å². The van der Waals surface area contributed by atoms with Gasteiger partial charge in [0.2, 0.25) is 0 Å². The van der Waals surface area contributed by atoms with Gasteiger partial charge in [0.15, 0.2) is 11.9 Å². The molecule has 0 bridgehead atoms. The van der Waals surface area contributed by atoms with Crippen LogP contribution in [0.5, 0.6) is 0 Å². The van der Waals surface area contributed by atoms with Crippen LogP contribution in [0.4, 0.5) is 22.0 Å². The Hall–Kier alpha value is -3.69. The van der Waals surface area contributed by atoms with Gasteiger partial charge in [0, 0.05) is 24.6 Å². The topological polar surface area (TPSA) is 55.0 Å². The molecule has 0 N–H and O–H groups in total. The van der Waals surface area contributed by atoms with Gasteiger partial charge in [0.25, 0.3) is 5.91 Å². The minimum atomic E-state index is -4.53. The van der Waals surface area contributed by atoms with Crippen molar-refractivity contribution in [2.75, 3.05) is 6.54 Å². The van der Waals surface area contributed by atoms with Gasteiger partial charge < -0.3 is 14.2 Å². The first kappa shape index (κ1) is 22.5. The van der Waals surface area contributed by atoms with Crippen molar-refractivity contribution in [1.29, 1.82) is 0 Å². The summed E-state index contributed by atoms with van der Waals surface area (Å²) < 4.78 is 71.7. The number of benzene rings is 2. The summed E-state index contributed by atoms with van der Waals surface area (Å²) in [5.74, 6) is -2.08. The lowest BCUT2D eigenvalue weighted by Gasteiger charge is -2.24. The molecule has 1 unspecified atom stereocenters. The minimum absolute atomic E-state index is 0.00527. The third-order valence-electron chi connectivity index (χ3n) is 5.05. The maximum atomic E-state index is 14.1. The largest absolute Gasteiger partial charge is 0.459 e. The number of carbonyl (C=O) groups is 1. The van der Waals surface area contributed by atoms with Gasteiger partial charge in [-0.1, -0.05) is 17.3 Å². The standard InChI is InChI=1S/C23H17F5N2O3/c24-16-6-7-18(19(25)10-16)20-11-17(33-29-20)13-30(22(31)21-5-2-8-32-21)12-14-3-1-4-15(9-14)23(26,27)28/h1-10,17H,11-13H2. The number of nitrogens with zero attached hydrogens (tertiary/aromatic N) is 2. The summed E-state index contributed by atoms with van der Waals surface area (Å²) in [6.45, 7) is -0.199. The lowest BCUT2D eigenvalue weighted by Crippen LogP contribution is -2.37. The lowest BCUT2D eigenvalue weighted by molar-refractivity contribution is -0.137. The van der Waals surface area contributed by atoms with Gasteiger partial charge in [-0.15, -0.1) is 0 Å². The second-order valence-electron chi connectivity index (χ2n) is 7.45. The molecule has 1 aliphatic heterocycles. The molecule has 0 saturated heterocycles. The van der Waals surface area contributed by atoms with Crippen molar-refractivity contribution in [3.05, 3.63) is 94.9 Å². The molecule has 1 atom stereocenters. The third-order valence-corrected chi connectivity index (χ3v) is 5.05. The van der Waals surface area contributed by atoms with Crippen LogP contribution in [0.1, 0.15) is 33.7 Å². The Morgan fingerprint density at radius 1 is 1.09 bits per heavy atom. The Morgan fingerprint density at radius 2 is 1.91 bits per heavy atom. The normalized spacial score (nSPS) is 15.8. The fraction of sp³-hybridized carbons (Fsp3) is 0.217. The van der Waals surface area contributed by atoms with E-state index in [0.717, 1.165) is 24.3 Å². The predicted octanol–water partition coefficient (Wildman–Crippen LogP) is 5.41. The Labute approximate surface area is 185 Å². The summed E-state index contributed by atoms with van der Waals surface area (Å²) in [6, 6.07) is 10.7. The highest BCUT2D eigenvalue weighted by atomic mass is 19.4. The first-order valence-electron chi connectivity index (χ1n) is 9.88. The van der Waals surface area contributed by atoms with Gasteiger partial charge >= 0.3 is 6.18 Å². The fourth-order valence-electron chi connectivity index (χ4n) is 3.50. The number of hydrogen-bond acceptors (Lipinski definition) is 4. The Bertz CT molecular complexity index is 1180. The predicted molar refractivity (Wildman–Crippen MR) is 107 cm³/mol. The third kappa shape index (κ3) is 5.21. The van der Waals surface area contributed by atoms with E-state index >= 15 is 0 Å². The molecule has 1 aliphatic rings. The van der Waals surface area contributed by atoms with Crippen molar-refractivity contribution in [3.63, 3.8) is 0 Å². The second kappa shape index (κ2) is 9.05. The van der Waals surface area contributed by atoms with Gasteiger partial charge in [-0.05, 0) is 42.0 Å². The summed E-state index contributed by atoms with van der Waals surface area (Å²) in [6.07, 6.45) is -3.79. The SMILES string of the molecule is O=C(c1ccco1)N(Cc1cccc(C(F)(F)F)c1)CC1CC(c2ccc(F)cc2F)=NO1. The lowest BCUT2D eigenvalue weighted by atomic mass is 10.0. The van der Waals surface area contributed by atoms with Crippen LogP contribution in [0.3, 0.4) is 0 Å². The quantitative estimate of drug-likeness (QED) is 0.459. The highest BCUT2D eigenvalue weighted by Crippen LogP contribution is 2.30. The number of hydrogen-bond donors (Lipinski definition) is 0. The molecule has 1 aromatic heterocycles. The first-order valence-corrected chi connectivity index (χ1v) is 9.88. The summed E-state index contributed by atoms with van der Waals surface area (Å²) in [4.78, 5) is 19.6. The van der Waals surface area contributed by atoms with Crippen LogP contribution < -0.4 is 0 Å². The van der Waals surface area contributed by atoms with Crippen molar-refractivity contribution < 1.29 is 36.0 Å². The molecule has 2 aromatic carbocycles. The molecule has 2 heterocycles. The van der Waals surface area contributed by atoms with Crippen LogP contribution in [-0.4, -0.2) is 29.2 Å². The van der Waals surface area contributed by atoms with E-state index in [4.69, 9.17) is 9.25 Å². The molecular formula is C23H17F5N2O3. The second-order valence-corrected chi connectivity index (χ2v) is 7.45. The molecule has 1 amide bonds. The Balaban J connectivity index is 1.52. The molecule has 4 rings (SSSR count). The van der Waals surface area contributed by atoms with Gasteiger partial charge in [0.1, 0.15) is 11.6 Å². The summed E-state index contributed by atoms with van der Waals surface area (Å²) in [7, 11) is 0. The molecule has 5 nitrogen and oxygen atoms in total. The van der Waals surface area contributed by atoms with Crippen LogP contribution >= 0.6 is 0 Å². The number of furan rings is 1. The average molecular weight is 464 g/mol. The number of alkyl halides is 3. The van der Waals surface area contributed by atoms with E-state index in [-0.39, 0.29) is 42.1 Å². The smallest absolute Gasteiger partial charge is 0.416 e. The fourth-order valence-corrected chi connectivity index (χ4v) is 3.50. The van der Waals surface area contributed by atoms with Crippen molar-refractivity contribution in [3.8, 4) is 0 Å². The van der Waals surface area contributed by atoms with Crippen molar-refractivity contribution >= 4 is 11.6 Å². The molecule has 0 saturated carbocycles. The van der Waals surface area contributed by atoms with E-state index in [1.165, 1.54) is 41.5 Å². The molecule has 33 heavy (non-hydrogen) atoms. The van der Waals surface area contributed by atoms with Crippen molar-refractivity contribution in [2.45, 2.75) is 25.2 Å². The molecule has 10 heteroatoms. The number of oxime groups is 1. The monoisotopic (exact) mass is 464 g/mol. The van der Waals surface area contributed by atoms with Crippen molar-refractivity contribution in [1.82, 2.24) is 4.90 Å². The van der Waals surface area contributed by atoms with E-state index in [9.17, 15) is 26.7 Å². The van der Waals surface area contributed by atoms with E-state index < -0.39 is 35.4 Å². The van der Waals surface area contributed by atoms with Gasteiger partial charge in [-0.3, -0.25) is 4.79 Å². The summed E-state index contributed by atoms with van der Waals surface area (Å²) in [5.41, 5.74) is -0.268. The number of carbonyl (C=O) groups excluding carboxylic acids is 1. The molecule has 172 valence electrons. The van der Waals surface area contributed by atoms with Gasteiger partial charge in [0.05, 0.1) is 24.1 Å². The zero-order valence-corrected chi connectivity index (χ0v) is 17.0. The average Bonchev–Trinajstić information content (AvgIpc) is 3.45. The zero-order valence-electron chi connectivity index (χ0n) is 17.0. The summed E-state index contributed by atoms with van der Waals surface area (Å²) in [5, 5.41) is 3.85.